The summed E-state index contributed by atoms with van der Waals surface area (Å²) in [6, 6.07) is 7.64. The summed E-state index contributed by atoms with van der Waals surface area (Å²) in [5.41, 5.74) is 1.05. The van der Waals surface area contributed by atoms with Crippen LogP contribution >= 0.6 is 0 Å². The number of allylic oxidation sites excluding steroid dienone is 1. The maximum Gasteiger partial charge on any atom is 0.265 e. The molecule has 2 aromatic rings. The van der Waals surface area contributed by atoms with Crippen molar-refractivity contribution < 1.29 is 23.0 Å². The normalized spacial score (nSPS) is 15.8. The largest absolute Gasteiger partial charge is 0.394 e. The van der Waals surface area contributed by atoms with E-state index in [0.717, 1.165) is 3.97 Å². The maximum atomic E-state index is 14.4. The van der Waals surface area contributed by atoms with Crippen LogP contribution in [0, 0.1) is 5.82 Å². The Morgan fingerprint density at radius 3 is 2.79 bits per heavy atom. The molecule has 0 saturated carbocycles. The molecule has 9 heteroatoms. The van der Waals surface area contributed by atoms with Gasteiger partial charge in [0.05, 0.1) is 23.3 Å². The molecule has 1 aliphatic rings. The SMILES string of the molecule is O=S(=O)(C1=CNCCC1)n1cc(CNCC(O)CO)cc1-c1ccccc1F. The summed E-state index contributed by atoms with van der Waals surface area (Å²) in [6.45, 7) is 0.758. The molecule has 0 amide bonds. The Morgan fingerprint density at radius 1 is 1.32 bits per heavy atom. The van der Waals surface area contributed by atoms with Crippen molar-refractivity contribution in [2.45, 2.75) is 25.5 Å². The molecule has 1 atom stereocenters. The highest BCUT2D eigenvalue weighted by molar-refractivity contribution is 7.93. The van der Waals surface area contributed by atoms with E-state index < -0.39 is 21.9 Å². The van der Waals surface area contributed by atoms with E-state index in [0.29, 0.717) is 24.9 Å². The van der Waals surface area contributed by atoms with Crippen molar-refractivity contribution in [3.63, 3.8) is 0 Å². The molecular weight excluding hydrogens is 385 g/mol. The summed E-state index contributed by atoms with van der Waals surface area (Å²) >= 11 is 0. The van der Waals surface area contributed by atoms with E-state index in [1.165, 1.54) is 24.5 Å². The highest BCUT2D eigenvalue weighted by Crippen LogP contribution is 2.30. The summed E-state index contributed by atoms with van der Waals surface area (Å²) in [4.78, 5) is 0.252. The van der Waals surface area contributed by atoms with Gasteiger partial charge in [-0.05, 0) is 36.6 Å². The molecular formula is C19H24FN3O4S. The van der Waals surface area contributed by atoms with Crippen LogP contribution < -0.4 is 10.6 Å². The molecule has 2 heterocycles. The molecule has 1 aliphatic heterocycles. The third-order valence-electron chi connectivity index (χ3n) is 4.51. The molecule has 0 fully saturated rings. The number of aromatic nitrogens is 1. The third kappa shape index (κ3) is 4.44. The molecule has 0 radical (unpaired) electrons. The van der Waals surface area contributed by atoms with Crippen LogP contribution in [0.15, 0.2) is 47.6 Å². The highest BCUT2D eigenvalue weighted by atomic mass is 32.2. The zero-order valence-corrected chi connectivity index (χ0v) is 16.1. The molecule has 0 aliphatic carbocycles. The summed E-state index contributed by atoms with van der Waals surface area (Å²) in [7, 11) is -3.85. The van der Waals surface area contributed by atoms with Crippen molar-refractivity contribution in [3.05, 3.63) is 59.0 Å². The maximum absolute atomic E-state index is 14.4. The van der Waals surface area contributed by atoms with Crippen LogP contribution in [-0.4, -0.2) is 48.4 Å². The molecule has 4 N–H and O–H groups in total. The Balaban J connectivity index is 1.99. The number of hydrogen-bond donors (Lipinski definition) is 4. The van der Waals surface area contributed by atoms with Gasteiger partial charge in [-0.1, -0.05) is 12.1 Å². The van der Waals surface area contributed by atoms with Crippen molar-refractivity contribution in [1.29, 1.82) is 0 Å². The first-order valence-electron chi connectivity index (χ1n) is 9.07. The van der Waals surface area contributed by atoms with Gasteiger partial charge >= 0.3 is 0 Å². The smallest absolute Gasteiger partial charge is 0.265 e. The Bertz CT molecular complexity index is 956. The second-order valence-electron chi connectivity index (χ2n) is 6.65. The molecule has 1 aromatic heterocycles. The number of aliphatic hydroxyl groups excluding tert-OH is 2. The van der Waals surface area contributed by atoms with Gasteiger partial charge in [0, 0.05) is 37.6 Å². The summed E-state index contributed by atoms with van der Waals surface area (Å²) < 4.78 is 41.8. The minimum atomic E-state index is -3.85. The number of aliphatic hydroxyl groups is 2. The van der Waals surface area contributed by atoms with Crippen LogP contribution in [0.1, 0.15) is 18.4 Å². The molecule has 0 saturated heterocycles. The van der Waals surface area contributed by atoms with E-state index in [9.17, 15) is 17.9 Å². The van der Waals surface area contributed by atoms with Crippen molar-refractivity contribution in [3.8, 4) is 11.3 Å². The summed E-state index contributed by atoms with van der Waals surface area (Å²) in [6.07, 6.45) is 3.18. The number of rotatable bonds is 8. The predicted molar refractivity (Wildman–Crippen MR) is 104 cm³/mol. The van der Waals surface area contributed by atoms with Gasteiger partial charge in [0.15, 0.2) is 0 Å². The Labute approximate surface area is 163 Å². The van der Waals surface area contributed by atoms with E-state index in [-0.39, 0.29) is 35.9 Å². The van der Waals surface area contributed by atoms with Gasteiger partial charge in [0.2, 0.25) is 0 Å². The fourth-order valence-corrected chi connectivity index (χ4v) is 4.63. The second kappa shape index (κ2) is 8.87. The molecule has 7 nitrogen and oxygen atoms in total. The lowest BCUT2D eigenvalue weighted by Crippen LogP contribution is -2.28. The Hall–Kier alpha value is -2.20. The van der Waals surface area contributed by atoms with E-state index in [2.05, 4.69) is 10.6 Å². The van der Waals surface area contributed by atoms with Gasteiger partial charge in [-0.25, -0.2) is 16.8 Å². The number of nitrogens with zero attached hydrogens (tertiary/aromatic N) is 1. The topological polar surface area (TPSA) is 104 Å². The number of hydrogen-bond acceptors (Lipinski definition) is 6. The van der Waals surface area contributed by atoms with Crippen molar-refractivity contribution in [1.82, 2.24) is 14.6 Å². The minimum absolute atomic E-state index is 0.151. The Morgan fingerprint density at radius 2 is 2.11 bits per heavy atom. The van der Waals surface area contributed by atoms with Gasteiger partial charge in [-0.15, -0.1) is 0 Å². The van der Waals surface area contributed by atoms with E-state index in [1.54, 1.807) is 18.2 Å². The minimum Gasteiger partial charge on any atom is -0.394 e. The molecule has 1 unspecified atom stereocenters. The van der Waals surface area contributed by atoms with Gasteiger partial charge in [0.1, 0.15) is 5.82 Å². The van der Waals surface area contributed by atoms with Gasteiger partial charge in [-0.2, -0.15) is 0 Å². The lowest BCUT2D eigenvalue weighted by Gasteiger charge is -2.17. The average Bonchev–Trinajstić information content (AvgIpc) is 3.13. The quantitative estimate of drug-likeness (QED) is 0.521. The van der Waals surface area contributed by atoms with Gasteiger partial charge in [0.25, 0.3) is 10.0 Å². The van der Waals surface area contributed by atoms with Crippen LogP contribution in [0.3, 0.4) is 0 Å². The molecule has 1 aromatic carbocycles. The van der Waals surface area contributed by atoms with Gasteiger partial charge < -0.3 is 20.8 Å². The highest BCUT2D eigenvalue weighted by Gasteiger charge is 2.26. The van der Waals surface area contributed by atoms with Crippen LogP contribution in [0.5, 0.6) is 0 Å². The van der Waals surface area contributed by atoms with Gasteiger partial charge in [-0.3, -0.25) is 0 Å². The van der Waals surface area contributed by atoms with Crippen LogP contribution in [0.4, 0.5) is 4.39 Å². The zero-order valence-electron chi connectivity index (χ0n) is 15.3. The summed E-state index contributed by atoms with van der Waals surface area (Å²) in [5, 5.41) is 24.2. The average molecular weight is 409 g/mol. The fraction of sp³-hybridized carbons (Fsp3) is 0.368. The number of benzene rings is 1. The second-order valence-corrected chi connectivity index (χ2v) is 8.52. The molecule has 28 heavy (non-hydrogen) atoms. The van der Waals surface area contributed by atoms with Crippen molar-refractivity contribution >= 4 is 10.0 Å². The van der Waals surface area contributed by atoms with Crippen LogP contribution in [-0.2, 0) is 16.6 Å². The molecule has 152 valence electrons. The number of nitrogens with one attached hydrogen (secondary N) is 2. The Kier molecular flexibility index (Phi) is 6.50. The monoisotopic (exact) mass is 409 g/mol. The van der Waals surface area contributed by atoms with Crippen LogP contribution in [0.25, 0.3) is 11.3 Å². The molecule has 0 bridgehead atoms. The van der Waals surface area contributed by atoms with E-state index >= 15 is 0 Å². The zero-order chi connectivity index (χ0) is 20.1. The lowest BCUT2D eigenvalue weighted by atomic mass is 10.1. The predicted octanol–water partition coefficient (Wildman–Crippen LogP) is 1.14. The first kappa shape index (κ1) is 20.5. The summed E-state index contributed by atoms with van der Waals surface area (Å²) in [5.74, 6) is -0.511. The van der Waals surface area contributed by atoms with E-state index in [4.69, 9.17) is 5.11 Å². The fourth-order valence-electron chi connectivity index (χ4n) is 3.06. The van der Waals surface area contributed by atoms with Crippen LogP contribution in [0.2, 0.25) is 0 Å². The standard InChI is InChI=1S/C19H24FN3O4S/c20-18-6-2-1-5-17(18)19-8-14(9-22-10-15(25)13-24)12-23(19)28(26,27)16-4-3-7-21-11-16/h1-2,5-6,8,11-12,15,21-22,24-25H,3-4,7,9-10,13H2. The third-order valence-corrected chi connectivity index (χ3v) is 6.31. The molecule has 0 spiro atoms. The molecule has 3 rings (SSSR count). The number of halogens is 1. The first-order chi connectivity index (χ1) is 13.4. The first-order valence-corrected chi connectivity index (χ1v) is 10.5. The van der Waals surface area contributed by atoms with E-state index in [1.807, 2.05) is 0 Å². The van der Waals surface area contributed by atoms with Crippen molar-refractivity contribution in [2.24, 2.45) is 0 Å². The van der Waals surface area contributed by atoms with Crippen molar-refractivity contribution in [2.75, 3.05) is 19.7 Å². The lowest BCUT2D eigenvalue weighted by molar-refractivity contribution is 0.0942.